The quantitative estimate of drug-likeness (QED) is 0.489. The van der Waals surface area contributed by atoms with Crippen LogP contribution in [0.3, 0.4) is 0 Å². The lowest BCUT2D eigenvalue weighted by atomic mass is 10.0. The van der Waals surface area contributed by atoms with Gasteiger partial charge in [-0.1, -0.05) is 24.3 Å². The third-order valence-corrected chi connectivity index (χ3v) is 4.69. The van der Waals surface area contributed by atoms with E-state index in [4.69, 9.17) is 9.15 Å². The number of halogens is 2. The van der Waals surface area contributed by atoms with Crippen LogP contribution in [-0.4, -0.2) is 12.5 Å². The largest absolute Gasteiger partial charge is 0.484 e. The lowest BCUT2D eigenvalue weighted by Crippen LogP contribution is -2.20. The van der Waals surface area contributed by atoms with Gasteiger partial charge in [0.1, 0.15) is 28.7 Å². The van der Waals surface area contributed by atoms with E-state index in [-0.39, 0.29) is 17.7 Å². The Bertz CT molecular complexity index is 1330. The standard InChI is InChI=1S/C24H17F2NO4/c1-14-23(15-6-8-16(25)9-7-15)24(29)18-11-10-17(12-21(18)31-14)30-13-22(28)27-20-5-3-2-4-19(20)26/h2-12H,13H2,1H3,(H,27,28). The fourth-order valence-corrected chi connectivity index (χ4v) is 3.22. The number of hydrogen-bond acceptors (Lipinski definition) is 4. The first-order valence-corrected chi connectivity index (χ1v) is 9.43. The molecule has 0 radical (unpaired) electrons. The Morgan fingerprint density at radius 3 is 2.52 bits per heavy atom. The first kappa shape index (κ1) is 20.3. The van der Waals surface area contributed by atoms with Crippen LogP contribution in [0.15, 0.2) is 75.9 Å². The SMILES string of the molecule is Cc1oc2cc(OCC(=O)Nc3ccccc3F)ccc2c(=O)c1-c1ccc(F)cc1. The number of anilines is 1. The van der Waals surface area contributed by atoms with Crippen LogP contribution in [0.1, 0.15) is 5.76 Å². The number of carbonyl (C=O) groups is 1. The monoisotopic (exact) mass is 421 g/mol. The summed E-state index contributed by atoms with van der Waals surface area (Å²) in [6.45, 7) is 1.30. The molecular formula is C24H17F2NO4. The number of hydrogen-bond donors (Lipinski definition) is 1. The van der Waals surface area contributed by atoms with Gasteiger partial charge in [0, 0.05) is 6.07 Å². The lowest BCUT2D eigenvalue weighted by Gasteiger charge is -2.10. The molecule has 0 saturated carbocycles. The van der Waals surface area contributed by atoms with Crippen molar-refractivity contribution in [1.82, 2.24) is 0 Å². The molecule has 1 heterocycles. The van der Waals surface area contributed by atoms with Crippen molar-refractivity contribution in [3.8, 4) is 16.9 Å². The third kappa shape index (κ3) is 4.30. The Kier molecular flexibility index (Phi) is 5.49. The number of rotatable bonds is 5. The second-order valence-electron chi connectivity index (χ2n) is 6.84. The van der Waals surface area contributed by atoms with Gasteiger partial charge >= 0.3 is 0 Å². The molecule has 0 aliphatic carbocycles. The van der Waals surface area contributed by atoms with Gasteiger partial charge in [-0.05, 0) is 48.9 Å². The molecule has 0 bridgehead atoms. The molecule has 31 heavy (non-hydrogen) atoms. The molecule has 5 nitrogen and oxygen atoms in total. The zero-order chi connectivity index (χ0) is 22.0. The first-order valence-electron chi connectivity index (χ1n) is 9.43. The number of ether oxygens (including phenoxy) is 1. The van der Waals surface area contributed by atoms with E-state index in [1.165, 1.54) is 54.6 Å². The summed E-state index contributed by atoms with van der Waals surface area (Å²) in [6, 6.07) is 16.0. The van der Waals surface area contributed by atoms with Gasteiger partial charge in [0.15, 0.2) is 6.61 Å². The van der Waals surface area contributed by atoms with Crippen LogP contribution in [0.5, 0.6) is 5.75 Å². The topological polar surface area (TPSA) is 68.5 Å². The molecule has 4 aromatic rings. The van der Waals surface area contributed by atoms with Crippen molar-refractivity contribution >= 4 is 22.6 Å². The molecule has 0 fully saturated rings. The van der Waals surface area contributed by atoms with E-state index in [9.17, 15) is 18.4 Å². The molecule has 0 unspecified atom stereocenters. The molecule has 0 saturated heterocycles. The summed E-state index contributed by atoms with van der Waals surface area (Å²) in [5.41, 5.74) is 1.00. The summed E-state index contributed by atoms with van der Waals surface area (Å²) in [4.78, 5) is 25.0. The summed E-state index contributed by atoms with van der Waals surface area (Å²) in [5.74, 6) is -0.788. The van der Waals surface area contributed by atoms with Crippen molar-refractivity contribution in [2.75, 3.05) is 11.9 Å². The number of fused-ring (bicyclic) bond motifs is 1. The number of benzene rings is 3. The molecule has 156 valence electrons. The number of aryl methyl sites for hydroxylation is 1. The summed E-state index contributed by atoms with van der Waals surface area (Å²) >= 11 is 0. The average Bonchev–Trinajstić information content (AvgIpc) is 2.75. The van der Waals surface area contributed by atoms with E-state index in [1.54, 1.807) is 19.1 Å². The van der Waals surface area contributed by atoms with Crippen LogP contribution in [0.4, 0.5) is 14.5 Å². The molecule has 7 heteroatoms. The van der Waals surface area contributed by atoms with E-state index < -0.39 is 17.5 Å². The van der Waals surface area contributed by atoms with Crippen molar-refractivity contribution in [3.05, 3.63) is 94.3 Å². The average molecular weight is 421 g/mol. The number of para-hydroxylation sites is 1. The van der Waals surface area contributed by atoms with Crippen molar-refractivity contribution in [3.63, 3.8) is 0 Å². The van der Waals surface area contributed by atoms with Crippen molar-refractivity contribution < 1.29 is 22.7 Å². The van der Waals surface area contributed by atoms with Crippen LogP contribution in [0.2, 0.25) is 0 Å². The minimum Gasteiger partial charge on any atom is -0.484 e. The van der Waals surface area contributed by atoms with Gasteiger partial charge in [-0.15, -0.1) is 0 Å². The Morgan fingerprint density at radius 2 is 1.77 bits per heavy atom. The maximum Gasteiger partial charge on any atom is 0.262 e. The van der Waals surface area contributed by atoms with E-state index in [1.807, 2.05) is 0 Å². The van der Waals surface area contributed by atoms with Crippen molar-refractivity contribution in [2.45, 2.75) is 6.92 Å². The van der Waals surface area contributed by atoms with Crippen LogP contribution >= 0.6 is 0 Å². The summed E-state index contributed by atoms with van der Waals surface area (Å²) in [6.07, 6.45) is 0. The highest BCUT2D eigenvalue weighted by Gasteiger charge is 2.15. The van der Waals surface area contributed by atoms with E-state index in [0.717, 1.165) is 0 Å². The number of amides is 1. The Balaban J connectivity index is 1.55. The van der Waals surface area contributed by atoms with E-state index in [2.05, 4.69) is 5.32 Å². The first-order chi connectivity index (χ1) is 14.9. The Labute approximate surface area is 175 Å². The number of carbonyl (C=O) groups excluding carboxylic acids is 1. The zero-order valence-electron chi connectivity index (χ0n) is 16.4. The predicted molar refractivity (Wildman–Crippen MR) is 113 cm³/mol. The van der Waals surface area contributed by atoms with Crippen LogP contribution in [0, 0.1) is 18.6 Å². The smallest absolute Gasteiger partial charge is 0.262 e. The summed E-state index contributed by atoms with van der Waals surface area (Å²) in [5, 5.41) is 2.75. The highest BCUT2D eigenvalue weighted by atomic mass is 19.1. The van der Waals surface area contributed by atoms with Crippen molar-refractivity contribution in [1.29, 1.82) is 0 Å². The summed E-state index contributed by atoms with van der Waals surface area (Å²) in [7, 11) is 0. The van der Waals surface area contributed by atoms with E-state index >= 15 is 0 Å². The fraction of sp³-hybridized carbons (Fsp3) is 0.0833. The van der Waals surface area contributed by atoms with Gasteiger partial charge in [0.05, 0.1) is 16.6 Å². The van der Waals surface area contributed by atoms with Gasteiger partial charge in [-0.2, -0.15) is 0 Å². The second kappa shape index (κ2) is 8.39. The molecule has 1 N–H and O–H groups in total. The molecule has 0 atom stereocenters. The maximum atomic E-state index is 13.6. The highest BCUT2D eigenvalue weighted by Crippen LogP contribution is 2.26. The van der Waals surface area contributed by atoms with Crippen molar-refractivity contribution in [2.24, 2.45) is 0 Å². The normalized spacial score (nSPS) is 10.8. The Morgan fingerprint density at radius 1 is 1.03 bits per heavy atom. The minimum atomic E-state index is -0.546. The van der Waals surface area contributed by atoms with Gasteiger partial charge in [0.25, 0.3) is 5.91 Å². The molecular weight excluding hydrogens is 404 g/mol. The van der Waals surface area contributed by atoms with Gasteiger partial charge in [-0.25, -0.2) is 8.78 Å². The van der Waals surface area contributed by atoms with Crippen LogP contribution < -0.4 is 15.5 Å². The van der Waals surface area contributed by atoms with Gasteiger partial charge in [0.2, 0.25) is 5.43 Å². The molecule has 0 spiro atoms. The summed E-state index contributed by atoms with van der Waals surface area (Å²) < 4.78 is 38.1. The number of nitrogens with one attached hydrogen (secondary N) is 1. The second-order valence-corrected chi connectivity index (χ2v) is 6.84. The molecule has 1 amide bonds. The van der Waals surface area contributed by atoms with Gasteiger partial charge < -0.3 is 14.5 Å². The maximum absolute atomic E-state index is 13.6. The minimum absolute atomic E-state index is 0.0598. The highest BCUT2D eigenvalue weighted by molar-refractivity contribution is 5.92. The molecule has 4 rings (SSSR count). The van der Waals surface area contributed by atoms with Crippen LogP contribution in [0.25, 0.3) is 22.1 Å². The van der Waals surface area contributed by atoms with E-state index in [0.29, 0.717) is 33.6 Å². The molecule has 1 aromatic heterocycles. The van der Waals surface area contributed by atoms with Gasteiger partial charge in [-0.3, -0.25) is 9.59 Å². The van der Waals surface area contributed by atoms with Crippen LogP contribution in [-0.2, 0) is 4.79 Å². The molecule has 0 aliphatic heterocycles. The predicted octanol–water partition coefficient (Wildman–Crippen LogP) is 5.06. The fourth-order valence-electron chi connectivity index (χ4n) is 3.22. The molecule has 3 aromatic carbocycles. The third-order valence-electron chi connectivity index (χ3n) is 4.69. The Hall–Kier alpha value is -4.00. The lowest BCUT2D eigenvalue weighted by molar-refractivity contribution is -0.118. The molecule has 0 aliphatic rings. The zero-order valence-corrected chi connectivity index (χ0v) is 16.4.